The first-order valence-electron chi connectivity index (χ1n) is 6.46. The van der Waals surface area contributed by atoms with Crippen LogP contribution in [0, 0.1) is 0 Å². The van der Waals surface area contributed by atoms with Gasteiger partial charge in [0, 0.05) is 30.1 Å². The lowest BCUT2D eigenvalue weighted by Gasteiger charge is -2.03. The van der Waals surface area contributed by atoms with E-state index in [1.165, 1.54) is 0 Å². The van der Waals surface area contributed by atoms with E-state index in [1.807, 2.05) is 0 Å². The summed E-state index contributed by atoms with van der Waals surface area (Å²) >= 11 is 0. The number of nitrogens with zero attached hydrogens (tertiary/aromatic N) is 2. The second-order valence-corrected chi connectivity index (χ2v) is 7.00. The van der Waals surface area contributed by atoms with Gasteiger partial charge in [-0.1, -0.05) is 6.92 Å². The quantitative estimate of drug-likeness (QED) is 0.761. The largest absolute Gasteiger partial charge is 0.294 e. The second-order valence-electron chi connectivity index (χ2n) is 4.52. The van der Waals surface area contributed by atoms with Crippen molar-refractivity contribution in [1.29, 1.82) is 0 Å². The molecule has 0 amide bonds. The van der Waals surface area contributed by atoms with Gasteiger partial charge in [0.15, 0.2) is 5.78 Å². The van der Waals surface area contributed by atoms with Gasteiger partial charge in [-0.2, -0.15) is 0 Å². The summed E-state index contributed by atoms with van der Waals surface area (Å²) in [5.74, 6) is 0.110. The van der Waals surface area contributed by atoms with Crippen LogP contribution in [0.5, 0.6) is 0 Å². The van der Waals surface area contributed by atoms with Gasteiger partial charge in [-0.25, -0.2) is 8.42 Å². The monoisotopic (exact) mass is 292 g/mol. The zero-order chi connectivity index (χ0) is 14.6. The Balaban J connectivity index is 2.04. The molecule has 1 heterocycles. The first kappa shape index (κ1) is 14.6. The standard InChI is InChI=1S/C14H16N2O3S/c1-2-20(18,19)9-3-4-14(17)11-5-6-12-13(10-11)16-8-7-15-12/h5-8,10H,2-4,9H2,1H3. The number of aromatic nitrogens is 2. The Kier molecular flexibility index (Phi) is 4.44. The maximum Gasteiger partial charge on any atom is 0.162 e. The third-order valence-electron chi connectivity index (χ3n) is 3.09. The van der Waals surface area contributed by atoms with E-state index in [0.717, 1.165) is 5.52 Å². The van der Waals surface area contributed by atoms with Gasteiger partial charge >= 0.3 is 0 Å². The number of Topliss-reactive ketones (excluding diaryl/α,β-unsaturated/α-hetero) is 1. The van der Waals surface area contributed by atoms with Gasteiger partial charge in [-0.3, -0.25) is 14.8 Å². The predicted molar refractivity (Wildman–Crippen MR) is 77.4 cm³/mol. The molecule has 0 unspecified atom stereocenters. The number of carbonyl (C=O) groups excluding carboxylic acids is 1. The average Bonchev–Trinajstić information content (AvgIpc) is 2.46. The van der Waals surface area contributed by atoms with Crippen LogP contribution in [0.25, 0.3) is 11.0 Å². The highest BCUT2D eigenvalue weighted by Gasteiger charge is 2.11. The van der Waals surface area contributed by atoms with Gasteiger partial charge in [0.25, 0.3) is 0 Å². The van der Waals surface area contributed by atoms with Crippen molar-refractivity contribution in [2.24, 2.45) is 0 Å². The first-order chi connectivity index (χ1) is 9.52. The molecular weight excluding hydrogens is 276 g/mol. The number of hydrogen-bond donors (Lipinski definition) is 0. The van der Waals surface area contributed by atoms with Crippen LogP contribution in [0.2, 0.25) is 0 Å². The van der Waals surface area contributed by atoms with Crippen molar-refractivity contribution in [3.05, 3.63) is 36.2 Å². The van der Waals surface area contributed by atoms with Gasteiger partial charge < -0.3 is 0 Å². The average molecular weight is 292 g/mol. The van der Waals surface area contributed by atoms with E-state index in [2.05, 4.69) is 9.97 Å². The molecule has 106 valence electrons. The van der Waals surface area contributed by atoms with Crippen LogP contribution in [-0.2, 0) is 9.84 Å². The molecule has 0 bridgehead atoms. The summed E-state index contributed by atoms with van der Waals surface area (Å²) in [7, 11) is -3.01. The molecular formula is C14H16N2O3S. The topological polar surface area (TPSA) is 77.0 Å². The lowest BCUT2D eigenvalue weighted by Crippen LogP contribution is -2.10. The van der Waals surface area contributed by atoms with Crippen LogP contribution < -0.4 is 0 Å². The summed E-state index contributed by atoms with van der Waals surface area (Å²) in [5.41, 5.74) is 1.95. The molecule has 6 heteroatoms. The van der Waals surface area contributed by atoms with Crippen molar-refractivity contribution in [3.8, 4) is 0 Å². The van der Waals surface area contributed by atoms with Crippen molar-refractivity contribution in [2.45, 2.75) is 19.8 Å². The molecule has 0 saturated carbocycles. The van der Waals surface area contributed by atoms with Gasteiger partial charge in [-0.15, -0.1) is 0 Å². The lowest BCUT2D eigenvalue weighted by molar-refractivity contribution is 0.0982. The van der Waals surface area contributed by atoms with E-state index in [-0.39, 0.29) is 23.7 Å². The zero-order valence-corrected chi connectivity index (χ0v) is 12.1. The Morgan fingerprint density at radius 2 is 1.85 bits per heavy atom. The second kappa shape index (κ2) is 6.09. The minimum absolute atomic E-state index is 0.0582. The van der Waals surface area contributed by atoms with Crippen molar-refractivity contribution >= 4 is 26.7 Å². The van der Waals surface area contributed by atoms with E-state index < -0.39 is 9.84 Å². The summed E-state index contributed by atoms with van der Waals surface area (Å²) in [6, 6.07) is 5.14. The van der Waals surface area contributed by atoms with Gasteiger partial charge in [0.1, 0.15) is 9.84 Å². The number of ketones is 1. The van der Waals surface area contributed by atoms with Crippen molar-refractivity contribution in [3.63, 3.8) is 0 Å². The van der Waals surface area contributed by atoms with E-state index in [1.54, 1.807) is 37.5 Å². The van der Waals surface area contributed by atoms with Crippen LogP contribution in [0.3, 0.4) is 0 Å². The third kappa shape index (κ3) is 3.60. The molecule has 0 fully saturated rings. The van der Waals surface area contributed by atoms with Gasteiger partial charge in [0.05, 0.1) is 16.8 Å². The highest BCUT2D eigenvalue weighted by Crippen LogP contribution is 2.13. The van der Waals surface area contributed by atoms with Crippen LogP contribution in [0.15, 0.2) is 30.6 Å². The van der Waals surface area contributed by atoms with Crippen LogP contribution in [-0.4, -0.2) is 35.7 Å². The SMILES string of the molecule is CCS(=O)(=O)CCCC(=O)c1ccc2nccnc2c1. The summed E-state index contributed by atoms with van der Waals surface area (Å²) in [6.07, 6.45) is 3.75. The fourth-order valence-electron chi connectivity index (χ4n) is 1.88. The van der Waals surface area contributed by atoms with Gasteiger partial charge in [-0.05, 0) is 24.6 Å². The molecule has 0 spiro atoms. The van der Waals surface area contributed by atoms with Crippen LogP contribution >= 0.6 is 0 Å². The molecule has 1 aromatic heterocycles. The molecule has 0 aliphatic rings. The molecule has 2 aromatic rings. The minimum atomic E-state index is -3.01. The fourth-order valence-corrected chi connectivity index (χ4v) is 2.75. The lowest BCUT2D eigenvalue weighted by atomic mass is 10.1. The van der Waals surface area contributed by atoms with Crippen molar-refractivity contribution in [2.75, 3.05) is 11.5 Å². The van der Waals surface area contributed by atoms with Crippen molar-refractivity contribution < 1.29 is 13.2 Å². The molecule has 0 aliphatic carbocycles. The summed E-state index contributed by atoms with van der Waals surface area (Å²) < 4.78 is 22.7. The Bertz CT molecular complexity index is 726. The molecule has 5 nitrogen and oxygen atoms in total. The Labute approximate surface area is 118 Å². The Hall–Kier alpha value is -1.82. The summed E-state index contributed by atoms with van der Waals surface area (Å²) in [6.45, 7) is 1.61. The molecule has 0 saturated heterocycles. The first-order valence-corrected chi connectivity index (χ1v) is 8.28. The Morgan fingerprint density at radius 3 is 2.55 bits per heavy atom. The predicted octanol–water partition coefficient (Wildman–Crippen LogP) is 2.03. The molecule has 0 aliphatic heterocycles. The Morgan fingerprint density at radius 1 is 1.15 bits per heavy atom. The fraction of sp³-hybridized carbons (Fsp3) is 0.357. The van der Waals surface area contributed by atoms with E-state index in [9.17, 15) is 13.2 Å². The number of sulfone groups is 1. The van der Waals surface area contributed by atoms with Gasteiger partial charge in [0.2, 0.25) is 0 Å². The minimum Gasteiger partial charge on any atom is -0.294 e. The number of hydrogen-bond acceptors (Lipinski definition) is 5. The molecule has 2 rings (SSSR count). The molecule has 0 atom stereocenters. The van der Waals surface area contributed by atoms with E-state index in [4.69, 9.17) is 0 Å². The van der Waals surface area contributed by atoms with Crippen molar-refractivity contribution in [1.82, 2.24) is 9.97 Å². The summed E-state index contributed by atoms with van der Waals surface area (Å²) in [4.78, 5) is 20.3. The van der Waals surface area contributed by atoms with E-state index >= 15 is 0 Å². The maximum atomic E-state index is 12.0. The molecule has 20 heavy (non-hydrogen) atoms. The van der Waals surface area contributed by atoms with Crippen LogP contribution in [0.4, 0.5) is 0 Å². The summed E-state index contributed by atoms with van der Waals surface area (Å²) in [5, 5.41) is 0. The normalized spacial score (nSPS) is 11.7. The smallest absolute Gasteiger partial charge is 0.162 e. The highest BCUT2D eigenvalue weighted by molar-refractivity contribution is 7.91. The number of rotatable bonds is 6. The van der Waals surface area contributed by atoms with E-state index in [0.29, 0.717) is 17.5 Å². The maximum absolute atomic E-state index is 12.0. The highest BCUT2D eigenvalue weighted by atomic mass is 32.2. The number of benzene rings is 1. The zero-order valence-electron chi connectivity index (χ0n) is 11.2. The molecule has 0 N–H and O–H groups in total. The van der Waals surface area contributed by atoms with Crippen LogP contribution in [0.1, 0.15) is 30.1 Å². The number of carbonyl (C=O) groups is 1. The third-order valence-corrected chi connectivity index (χ3v) is 4.88. The number of fused-ring (bicyclic) bond motifs is 1. The molecule has 1 aromatic carbocycles. The molecule has 0 radical (unpaired) electrons.